The molecule has 0 aromatic rings. The zero-order valence-electron chi connectivity index (χ0n) is 12.0. The molecular weight excluding hydrogens is 240 g/mol. The SMILES string of the molecule is NCCCN(C(=O)C1CCCOC1)C1CCCCC1. The van der Waals surface area contributed by atoms with Crippen molar-refractivity contribution in [3.8, 4) is 0 Å². The Hall–Kier alpha value is -0.610. The number of nitrogens with two attached hydrogens (primary N) is 1. The van der Waals surface area contributed by atoms with Crippen LogP contribution < -0.4 is 5.73 Å². The summed E-state index contributed by atoms with van der Waals surface area (Å²) in [5.74, 6) is 0.411. The molecule has 110 valence electrons. The molecule has 0 aromatic carbocycles. The minimum atomic E-state index is 0.0912. The van der Waals surface area contributed by atoms with Crippen molar-refractivity contribution in [3.05, 3.63) is 0 Å². The van der Waals surface area contributed by atoms with Crippen LogP contribution in [0.2, 0.25) is 0 Å². The second kappa shape index (κ2) is 7.85. The Morgan fingerprint density at radius 3 is 2.58 bits per heavy atom. The van der Waals surface area contributed by atoms with Crippen molar-refractivity contribution in [1.82, 2.24) is 4.90 Å². The van der Waals surface area contributed by atoms with E-state index >= 15 is 0 Å². The van der Waals surface area contributed by atoms with Gasteiger partial charge in [0.05, 0.1) is 12.5 Å². The van der Waals surface area contributed by atoms with Crippen LogP contribution in [-0.2, 0) is 9.53 Å². The predicted molar refractivity (Wildman–Crippen MR) is 75.8 cm³/mol. The number of amides is 1. The van der Waals surface area contributed by atoms with E-state index in [0.717, 1.165) is 32.4 Å². The first-order valence-corrected chi connectivity index (χ1v) is 7.91. The molecule has 19 heavy (non-hydrogen) atoms. The van der Waals surface area contributed by atoms with E-state index in [1.807, 2.05) is 0 Å². The van der Waals surface area contributed by atoms with Crippen LogP contribution in [0, 0.1) is 5.92 Å². The topological polar surface area (TPSA) is 55.6 Å². The average molecular weight is 268 g/mol. The molecule has 1 heterocycles. The van der Waals surface area contributed by atoms with Crippen molar-refractivity contribution in [2.75, 3.05) is 26.3 Å². The van der Waals surface area contributed by atoms with Gasteiger partial charge in [0.25, 0.3) is 0 Å². The van der Waals surface area contributed by atoms with Gasteiger partial charge in [-0.05, 0) is 38.6 Å². The van der Waals surface area contributed by atoms with Crippen LogP contribution in [0.3, 0.4) is 0 Å². The van der Waals surface area contributed by atoms with E-state index in [1.165, 1.54) is 32.1 Å². The van der Waals surface area contributed by atoms with E-state index in [9.17, 15) is 4.79 Å². The Bertz CT molecular complexity index is 271. The highest BCUT2D eigenvalue weighted by atomic mass is 16.5. The first kappa shape index (κ1) is 14.8. The summed E-state index contributed by atoms with van der Waals surface area (Å²) in [6.45, 7) is 2.93. The standard InChI is InChI=1S/C15H28N2O2/c16-9-5-10-17(14-7-2-1-3-8-14)15(18)13-6-4-11-19-12-13/h13-14H,1-12,16H2. The highest BCUT2D eigenvalue weighted by Crippen LogP contribution is 2.26. The lowest BCUT2D eigenvalue weighted by Crippen LogP contribution is -2.47. The van der Waals surface area contributed by atoms with E-state index in [2.05, 4.69) is 4.90 Å². The smallest absolute Gasteiger partial charge is 0.228 e. The molecule has 2 fully saturated rings. The number of hydrogen-bond donors (Lipinski definition) is 1. The number of nitrogens with zero attached hydrogens (tertiary/aromatic N) is 1. The maximum atomic E-state index is 12.7. The lowest BCUT2D eigenvalue weighted by atomic mass is 9.92. The summed E-state index contributed by atoms with van der Waals surface area (Å²) in [5.41, 5.74) is 5.62. The van der Waals surface area contributed by atoms with Crippen molar-refractivity contribution in [2.45, 2.75) is 57.4 Å². The molecule has 2 rings (SSSR count). The molecule has 0 bridgehead atoms. The molecule has 0 spiro atoms. The largest absolute Gasteiger partial charge is 0.381 e. The van der Waals surface area contributed by atoms with Crippen molar-refractivity contribution in [1.29, 1.82) is 0 Å². The van der Waals surface area contributed by atoms with Crippen LogP contribution in [-0.4, -0.2) is 43.2 Å². The van der Waals surface area contributed by atoms with Crippen LogP contribution in [0.4, 0.5) is 0 Å². The van der Waals surface area contributed by atoms with Gasteiger partial charge in [0.15, 0.2) is 0 Å². The van der Waals surface area contributed by atoms with Gasteiger partial charge in [0, 0.05) is 19.2 Å². The second-order valence-electron chi connectivity index (χ2n) is 5.88. The number of carbonyl (C=O) groups is 1. The van der Waals surface area contributed by atoms with E-state index in [1.54, 1.807) is 0 Å². The molecule has 2 N–H and O–H groups in total. The van der Waals surface area contributed by atoms with Gasteiger partial charge in [-0.15, -0.1) is 0 Å². The summed E-state index contributed by atoms with van der Waals surface area (Å²) < 4.78 is 5.47. The van der Waals surface area contributed by atoms with Crippen LogP contribution in [0.15, 0.2) is 0 Å². The highest BCUT2D eigenvalue weighted by Gasteiger charge is 2.31. The zero-order chi connectivity index (χ0) is 13.5. The maximum absolute atomic E-state index is 12.7. The van der Waals surface area contributed by atoms with Gasteiger partial charge >= 0.3 is 0 Å². The summed E-state index contributed by atoms with van der Waals surface area (Å²) in [5, 5.41) is 0. The van der Waals surface area contributed by atoms with Crippen molar-refractivity contribution >= 4 is 5.91 Å². The lowest BCUT2D eigenvalue weighted by Gasteiger charge is -2.37. The minimum Gasteiger partial charge on any atom is -0.381 e. The van der Waals surface area contributed by atoms with Gasteiger partial charge in [0.2, 0.25) is 5.91 Å². The fraction of sp³-hybridized carbons (Fsp3) is 0.933. The zero-order valence-corrected chi connectivity index (χ0v) is 12.0. The molecule has 1 unspecified atom stereocenters. The third-order valence-electron chi connectivity index (χ3n) is 4.41. The molecular formula is C15H28N2O2. The Kier molecular flexibility index (Phi) is 6.11. The summed E-state index contributed by atoms with van der Waals surface area (Å²) in [4.78, 5) is 14.8. The maximum Gasteiger partial charge on any atom is 0.228 e. The second-order valence-corrected chi connectivity index (χ2v) is 5.88. The first-order chi connectivity index (χ1) is 9.33. The highest BCUT2D eigenvalue weighted by molar-refractivity contribution is 5.79. The molecule has 1 amide bonds. The van der Waals surface area contributed by atoms with Crippen LogP contribution in [0.5, 0.6) is 0 Å². The first-order valence-electron chi connectivity index (χ1n) is 7.91. The molecule has 0 radical (unpaired) electrons. The lowest BCUT2D eigenvalue weighted by molar-refractivity contribution is -0.142. The molecule has 1 aliphatic carbocycles. The fourth-order valence-electron chi connectivity index (χ4n) is 3.30. The third kappa shape index (κ3) is 4.18. The molecule has 1 saturated carbocycles. The quantitative estimate of drug-likeness (QED) is 0.829. The summed E-state index contributed by atoms with van der Waals surface area (Å²) >= 11 is 0. The minimum absolute atomic E-state index is 0.0912. The van der Waals surface area contributed by atoms with E-state index < -0.39 is 0 Å². The van der Waals surface area contributed by atoms with E-state index in [0.29, 0.717) is 25.1 Å². The fourth-order valence-corrected chi connectivity index (χ4v) is 3.30. The van der Waals surface area contributed by atoms with Crippen LogP contribution in [0.25, 0.3) is 0 Å². The summed E-state index contributed by atoms with van der Waals surface area (Å²) in [6, 6.07) is 0.453. The van der Waals surface area contributed by atoms with Gasteiger partial charge in [0.1, 0.15) is 0 Å². The van der Waals surface area contributed by atoms with Crippen molar-refractivity contribution < 1.29 is 9.53 Å². The Morgan fingerprint density at radius 1 is 1.16 bits per heavy atom. The molecule has 1 saturated heterocycles. The van der Waals surface area contributed by atoms with Crippen LogP contribution >= 0.6 is 0 Å². The Morgan fingerprint density at radius 2 is 1.95 bits per heavy atom. The number of ether oxygens (including phenoxy) is 1. The molecule has 1 atom stereocenters. The van der Waals surface area contributed by atoms with Gasteiger partial charge < -0.3 is 15.4 Å². The number of rotatable bonds is 5. The molecule has 1 aliphatic heterocycles. The summed E-state index contributed by atoms with van der Waals surface area (Å²) in [6.07, 6.45) is 9.11. The monoisotopic (exact) mass is 268 g/mol. The normalized spacial score (nSPS) is 25.2. The van der Waals surface area contributed by atoms with Crippen molar-refractivity contribution in [2.24, 2.45) is 11.7 Å². The van der Waals surface area contributed by atoms with Gasteiger partial charge in [-0.2, -0.15) is 0 Å². The van der Waals surface area contributed by atoms with Gasteiger partial charge in [-0.3, -0.25) is 4.79 Å². The summed E-state index contributed by atoms with van der Waals surface area (Å²) in [7, 11) is 0. The number of hydrogen-bond acceptors (Lipinski definition) is 3. The van der Waals surface area contributed by atoms with Crippen molar-refractivity contribution in [3.63, 3.8) is 0 Å². The van der Waals surface area contributed by atoms with E-state index in [4.69, 9.17) is 10.5 Å². The predicted octanol–water partition coefficient (Wildman–Crippen LogP) is 1.92. The molecule has 4 nitrogen and oxygen atoms in total. The van der Waals surface area contributed by atoms with Gasteiger partial charge in [-0.1, -0.05) is 19.3 Å². The third-order valence-corrected chi connectivity index (χ3v) is 4.41. The molecule has 2 aliphatic rings. The molecule has 4 heteroatoms. The Labute approximate surface area is 116 Å². The molecule has 0 aromatic heterocycles. The number of carbonyl (C=O) groups excluding carboxylic acids is 1. The van der Waals surface area contributed by atoms with Gasteiger partial charge in [-0.25, -0.2) is 0 Å². The Balaban J connectivity index is 1.95. The van der Waals surface area contributed by atoms with Crippen LogP contribution in [0.1, 0.15) is 51.4 Å². The van der Waals surface area contributed by atoms with E-state index in [-0.39, 0.29) is 5.92 Å². The average Bonchev–Trinajstić information content (AvgIpc) is 2.49.